The van der Waals surface area contributed by atoms with Crippen LogP contribution >= 0.6 is 11.8 Å². The van der Waals surface area contributed by atoms with Gasteiger partial charge in [-0.05, 0) is 88.0 Å². The Morgan fingerprint density at radius 2 is 1.64 bits per heavy atom. The summed E-state index contributed by atoms with van der Waals surface area (Å²) in [6, 6.07) is 15.8. The van der Waals surface area contributed by atoms with Gasteiger partial charge in [0.25, 0.3) is 0 Å². The maximum atomic E-state index is 12.5. The van der Waals surface area contributed by atoms with E-state index in [0.717, 1.165) is 29.1 Å². The second kappa shape index (κ2) is 13.6. The first kappa shape index (κ1) is 27.9. The summed E-state index contributed by atoms with van der Waals surface area (Å²) in [5.41, 5.74) is 9.33. The van der Waals surface area contributed by atoms with Gasteiger partial charge in [-0.2, -0.15) is 11.8 Å². The van der Waals surface area contributed by atoms with Crippen molar-refractivity contribution in [3.8, 4) is 0 Å². The molecule has 36 heavy (non-hydrogen) atoms. The lowest BCUT2D eigenvalue weighted by atomic mass is 9.91. The predicted octanol–water partition coefficient (Wildman–Crippen LogP) is 6.34. The zero-order valence-corrected chi connectivity index (χ0v) is 22.7. The van der Waals surface area contributed by atoms with E-state index in [4.69, 9.17) is 10.5 Å². The van der Waals surface area contributed by atoms with Gasteiger partial charge < -0.3 is 21.1 Å². The Labute approximate surface area is 220 Å². The second-order valence-electron chi connectivity index (χ2n) is 10.5. The number of nitrogens with one attached hydrogen (secondary N) is 2. The fourth-order valence-electron chi connectivity index (χ4n) is 4.38. The van der Waals surface area contributed by atoms with Crippen LogP contribution in [-0.2, 0) is 16.0 Å². The molecule has 1 aliphatic rings. The number of rotatable bonds is 12. The monoisotopic (exact) mass is 511 g/mol. The Hall–Kier alpha value is -2.67. The van der Waals surface area contributed by atoms with Gasteiger partial charge in [-0.1, -0.05) is 49.1 Å². The molecule has 0 spiro atoms. The molecule has 0 aromatic heterocycles. The van der Waals surface area contributed by atoms with Gasteiger partial charge in [0.1, 0.15) is 11.6 Å². The van der Waals surface area contributed by atoms with Crippen LogP contribution in [0.1, 0.15) is 63.5 Å². The van der Waals surface area contributed by atoms with Crippen molar-refractivity contribution in [2.75, 3.05) is 16.8 Å². The van der Waals surface area contributed by atoms with Crippen molar-refractivity contribution in [3.63, 3.8) is 0 Å². The van der Waals surface area contributed by atoms with Crippen LogP contribution in [0, 0.1) is 12.8 Å². The molecule has 1 fully saturated rings. The van der Waals surface area contributed by atoms with Gasteiger partial charge in [0, 0.05) is 17.1 Å². The second-order valence-corrected chi connectivity index (χ2v) is 11.6. The van der Waals surface area contributed by atoms with E-state index >= 15 is 0 Å². The van der Waals surface area contributed by atoms with Crippen molar-refractivity contribution in [2.24, 2.45) is 11.7 Å². The molecule has 2 aromatic rings. The number of benzene rings is 2. The molecule has 4 N–H and O–H groups in total. The first-order valence-corrected chi connectivity index (χ1v) is 14.1. The summed E-state index contributed by atoms with van der Waals surface area (Å²) >= 11 is 1.69. The number of alkyl carbamates (subject to hydrolysis) is 1. The van der Waals surface area contributed by atoms with Crippen LogP contribution in [0.3, 0.4) is 0 Å². The van der Waals surface area contributed by atoms with Crippen LogP contribution in [0.4, 0.5) is 16.2 Å². The topological polar surface area (TPSA) is 93.4 Å². The van der Waals surface area contributed by atoms with E-state index in [-0.39, 0.29) is 0 Å². The molecule has 3 rings (SSSR count). The molecule has 1 atom stereocenters. The van der Waals surface area contributed by atoms with Gasteiger partial charge in [0.15, 0.2) is 0 Å². The number of aryl methyl sites for hydroxylation is 2. The quantitative estimate of drug-likeness (QED) is 0.309. The number of primary amides is 1. The third-order valence-corrected chi connectivity index (χ3v) is 7.95. The molecule has 196 valence electrons. The molecule has 0 bridgehead atoms. The molecule has 1 saturated carbocycles. The molecule has 6 nitrogen and oxygen atoms in total. The highest BCUT2D eigenvalue weighted by Crippen LogP contribution is 2.27. The summed E-state index contributed by atoms with van der Waals surface area (Å²) in [4.78, 5) is 24.4. The van der Waals surface area contributed by atoms with Crippen molar-refractivity contribution >= 4 is 35.1 Å². The SMILES string of the molecule is Cc1ccc(Nc2ccc(CCC(C)(C)OC(=O)N[C@@H](CSCC3CCCCC3)C(N)=O)cc2)cc1. The number of hydrogen-bond donors (Lipinski definition) is 3. The number of amides is 2. The van der Waals surface area contributed by atoms with E-state index in [1.54, 1.807) is 11.8 Å². The van der Waals surface area contributed by atoms with Crippen LogP contribution < -0.4 is 16.4 Å². The maximum Gasteiger partial charge on any atom is 0.408 e. The van der Waals surface area contributed by atoms with Gasteiger partial charge in [0.2, 0.25) is 5.91 Å². The molecule has 0 heterocycles. The first-order valence-electron chi connectivity index (χ1n) is 13.0. The lowest BCUT2D eigenvalue weighted by Crippen LogP contribution is -2.48. The Balaban J connectivity index is 1.41. The van der Waals surface area contributed by atoms with E-state index in [0.29, 0.717) is 18.1 Å². The van der Waals surface area contributed by atoms with Crippen LogP contribution in [0.5, 0.6) is 0 Å². The van der Waals surface area contributed by atoms with Gasteiger partial charge in [0.05, 0.1) is 0 Å². The van der Waals surface area contributed by atoms with E-state index in [1.807, 2.05) is 13.8 Å². The van der Waals surface area contributed by atoms with Crippen LogP contribution in [0.15, 0.2) is 48.5 Å². The molecule has 0 radical (unpaired) electrons. The summed E-state index contributed by atoms with van der Waals surface area (Å²) in [7, 11) is 0. The predicted molar refractivity (Wildman–Crippen MR) is 150 cm³/mol. The summed E-state index contributed by atoms with van der Waals surface area (Å²) < 4.78 is 5.67. The van der Waals surface area contributed by atoms with Gasteiger partial charge >= 0.3 is 6.09 Å². The van der Waals surface area contributed by atoms with E-state index in [9.17, 15) is 9.59 Å². The number of carbonyl (C=O) groups is 2. The van der Waals surface area contributed by atoms with Crippen molar-refractivity contribution in [3.05, 3.63) is 59.7 Å². The number of ether oxygens (including phenoxy) is 1. The lowest BCUT2D eigenvalue weighted by Gasteiger charge is -2.27. The highest BCUT2D eigenvalue weighted by molar-refractivity contribution is 7.99. The molecule has 7 heteroatoms. The largest absolute Gasteiger partial charge is 0.444 e. The lowest BCUT2D eigenvalue weighted by molar-refractivity contribution is -0.119. The third kappa shape index (κ3) is 9.76. The minimum absolute atomic E-state index is 0.477. The van der Waals surface area contributed by atoms with Gasteiger partial charge in [-0.3, -0.25) is 4.79 Å². The third-order valence-electron chi connectivity index (χ3n) is 6.68. The smallest absolute Gasteiger partial charge is 0.408 e. The van der Waals surface area contributed by atoms with E-state index in [1.165, 1.54) is 37.7 Å². The fraction of sp³-hybridized carbons (Fsp3) is 0.517. The number of anilines is 2. The average Bonchev–Trinajstić information content (AvgIpc) is 2.85. The molecular weight excluding hydrogens is 470 g/mol. The van der Waals surface area contributed by atoms with Crippen LogP contribution in [-0.4, -0.2) is 35.1 Å². The van der Waals surface area contributed by atoms with Crippen molar-refractivity contribution in [1.29, 1.82) is 0 Å². The molecule has 2 aromatic carbocycles. The van der Waals surface area contributed by atoms with Crippen molar-refractivity contribution in [2.45, 2.75) is 77.4 Å². The summed E-state index contributed by atoms with van der Waals surface area (Å²) in [5.74, 6) is 1.66. The normalized spacial score (nSPS) is 15.2. The first-order chi connectivity index (χ1) is 17.2. The maximum absolute atomic E-state index is 12.5. The average molecular weight is 512 g/mol. The van der Waals surface area contributed by atoms with Gasteiger partial charge in [-0.25, -0.2) is 4.79 Å². The minimum Gasteiger partial charge on any atom is -0.444 e. The minimum atomic E-state index is -0.726. The van der Waals surface area contributed by atoms with Crippen molar-refractivity contribution in [1.82, 2.24) is 5.32 Å². The number of nitrogens with two attached hydrogens (primary N) is 1. The Morgan fingerprint density at radius 1 is 1.03 bits per heavy atom. The molecular formula is C29H41N3O3S. The molecule has 2 amide bonds. The molecule has 0 aliphatic heterocycles. The zero-order chi connectivity index (χ0) is 26.0. The van der Waals surface area contributed by atoms with Crippen LogP contribution in [0.2, 0.25) is 0 Å². The van der Waals surface area contributed by atoms with Crippen LogP contribution in [0.25, 0.3) is 0 Å². The Morgan fingerprint density at radius 3 is 2.25 bits per heavy atom. The van der Waals surface area contributed by atoms with Gasteiger partial charge in [-0.15, -0.1) is 0 Å². The summed E-state index contributed by atoms with van der Waals surface area (Å²) in [6.45, 7) is 5.84. The van der Waals surface area contributed by atoms with E-state index < -0.39 is 23.6 Å². The zero-order valence-electron chi connectivity index (χ0n) is 21.8. The summed E-state index contributed by atoms with van der Waals surface area (Å²) in [6.07, 6.45) is 7.24. The Kier molecular flexibility index (Phi) is 10.5. The highest BCUT2D eigenvalue weighted by atomic mass is 32.2. The van der Waals surface area contributed by atoms with Crippen molar-refractivity contribution < 1.29 is 14.3 Å². The molecule has 0 unspecified atom stereocenters. The number of carbonyl (C=O) groups excluding carboxylic acids is 2. The number of hydrogen-bond acceptors (Lipinski definition) is 5. The van der Waals surface area contributed by atoms with E-state index in [2.05, 4.69) is 66.1 Å². The standard InChI is InChI=1S/C29H41N3O3S/c1-21-9-13-24(14-10-21)31-25-15-11-22(12-16-25)17-18-29(2,3)35-28(34)32-26(27(30)33)20-36-19-23-7-5-4-6-8-23/h9-16,23,26,31H,4-8,17-20H2,1-3H3,(H2,30,33)(H,32,34)/t26-/m0/s1. The Bertz CT molecular complexity index is 970. The number of thioether (sulfide) groups is 1. The summed E-state index contributed by atoms with van der Waals surface area (Å²) in [5, 5.41) is 6.08. The highest BCUT2D eigenvalue weighted by Gasteiger charge is 2.26. The molecule has 1 aliphatic carbocycles. The fourth-order valence-corrected chi connectivity index (χ4v) is 5.66. The molecule has 0 saturated heterocycles.